The minimum Gasteiger partial charge on any atom is -0.545 e. The first-order valence-electron chi connectivity index (χ1n) is 7.14. The topological polar surface area (TPSA) is 89.8 Å². The quantitative estimate of drug-likeness (QED) is 0.450. The van der Waals surface area contributed by atoms with Gasteiger partial charge in [0, 0.05) is 17.3 Å². The van der Waals surface area contributed by atoms with Gasteiger partial charge >= 0.3 is 0 Å². The van der Waals surface area contributed by atoms with E-state index < -0.39 is 5.97 Å². The maximum atomic E-state index is 11.0. The SMILES string of the molecule is C/C(N=Cc1ccccc1C(=O)[O-])=N/Nc1nc2ccccc2s1. The molecule has 0 aliphatic carbocycles. The number of amidine groups is 1. The molecule has 0 spiro atoms. The van der Waals surface area contributed by atoms with Crippen LogP contribution in [-0.2, 0) is 0 Å². The molecule has 0 radical (unpaired) electrons. The van der Waals surface area contributed by atoms with Crippen molar-refractivity contribution < 1.29 is 9.90 Å². The van der Waals surface area contributed by atoms with Crippen LogP contribution in [0.25, 0.3) is 10.2 Å². The van der Waals surface area contributed by atoms with Gasteiger partial charge in [-0.25, -0.2) is 9.98 Å². The third-order valence-corrected chi connectivity index (χ3v) is 4.12. The number of carbonyl (C=O) groups is 1. The van der Waals surface area contributed by atoms with Crippen molar-refractivity contribution in [3.63, 3.8) is 0 Å². The van der Waals surface area contributed by atoms with E-state index in [0.717, 1.165) is 10.2 Å². The fraction of sp³-hybridized carbons (Fsp3) is 0.0588. The van der Waals surface area contributed by atoms with Crippen LogP contribution in [0.3, 0.4) is 0 Å². The van der Waals surface area contributed by atoms with E-state index in [1.165, 1.54) is 23.6 Å². The number of aliphatic imine (C=N–C) groups is 1. The van der Waals surface area contributed by atoms with Gasteiger partial charge < -0.3 is 9.90 Å². The Morgan fingerprint density at radius 2 is 1.96 bits per heavy atom. The van der Waals surface area contributed by atoms with Crippen LogP contribution in [0.4, 0.5) is 5.13 Å². The molecule has 7 heteroatoms. The van der Waals surface area contributed by atoms with Gasteiger partial charge in [0.05, 0.1) is 16.2 Å². The highest BCUT2D eigenvalue weighted by molar-refractivity contribution is 7.22. The molecule has 0 fully saturated rings. The minimum atomic E-state index is -1.24. The smallest absolute Gasteiger partial charge is 0.204 e. The van der Waals surface area contributed by atoms with Crippen LogP contribution in [0.2, 0.25) is 0 Å². The van der Waals surface area contributed by atoms with Crippen LogP contribution in [0, 0.1) is 0 Å². The molecule has 0 unspecified atom stereocenters. The van der Waals surface area contributed by atoms with E-state index in [-0.39, 0.29) is 5.56 Å². The van der Waals surface area contributed by atoms with Crippen molar-refractivity contribution in [3.05, 3.63) is 59.7 Å². The lowest BCUT2D eigenvalue weighted by molar-refractivity contribution is -0.255. The van der Waals surface area contributed by atoms with E-state index in [2.05, 4.69) is 20.5 Å². The summed E-state index contributed by atoms with van der Waals surface area (Å²) in [6.45, 7) is 1.71. The maximum absolute atomic E-state index is 11.0. The monoisotopic (exact) mass is 337 g/mol. The number of benzene rings is 2. The normalized spacial score (nSPS) is 12.0. The van der Waals surface area contributed by atoms with E-state index >= 15 is 0 Å². The summed E-state index contributed by atoms with van der Waals surface area (Å²) in [7, 11) is 0. The molecule has 0 aliphatic rings. The summed E-state index contributed by atoms with van der Waals surface area (Å²) in [5, 5.41) is 15.8. The Hall–Kier alpha value is -3.06. The number of para-hydroxylation sites is 1. The van der Waals surface area contributed by atoms with Crippen molar-refractivity contribution in [1.29, 1.82) is 0 Å². The fourth-order valence-corrected chi connectivity index (χ4v) is 2.84. The molecule has 0 aliphatic heterocycles. The number of hydrogen-bond acceptors (Lipinski definition) is 6. The Morgan fingerprint density at radius 1 is 1.21 bits per heavy atom. The van der Waals surface area contributed by atoms with Gasteiger partial charge in [-0.3, -0.25) is 5.43 Å². The standard InChI is InChI=1S/C17H14N4O2S/c1-11(18-10-12-6-2-3-7-13(12)16(22)23)20-21-17-19-14-8-4-5-9-15(14)24-17/h2-10H,1H3,(H,19,21)(H,22,23)/p-1/b18-10?,20-11-. The first-order chi connectivity index (χ1) is 11.6. The van der Waals surface area contributed by atoms with Crippen LogP contribution < -0.4 is 10.5 Å². The van der Waals surface area contributed by atoms with Gasteiger partial charge in [-0.1, -0.05) is 47.7 Å². The molecular formula is C17H13N4O2S-. The zero-order valence-corrected chi connectivity index (χ0v) is 13.6. The predicted molar refractivity (Wildman–Crippen MR) is 94.7 cm³/mol. The third-order valence-electron chi connectivity index (χ3n) is 3.18. The summed E-state index contributed by atoms with van der Waals surface area (Å²) < 4.78 is 1.07. The van der Waals surface area contributed by atoms with Crippen molar-refractivity contribution >= 4 is 44.7 Å². The van der Waals surface area contributed by atoms with E-state index in [9.17, 15) is 9.90 Å². The van der Waals surface area contributed by atoms with Gasteiger partial charge in [0.15, 0.2) is 0 Å². The summed E-state index contributed by atoms with van der Waals surface area (Å²) in [6.07, 6.45) is 1.45. The molecular weight excluding hydrogens is 324 g/mol. The lowest BCUT2D eigenvalue weighted by atomic mass is 10.1. The molecule has 3 rings (SSSR count). The van der Waals surface area contributed by atoms with Crippen molar-refractivity contribution in [2.45, 2.75) is 6.92 Å². The number of anilines is 1. The number of carboxylic acid groups (broad SMARTS) is 1. The molecule has 0 saturated carbocycles. The van der Waals surface area contributed by atoms with Crippen molar-refractivity contribution in [3.8, 4) is 0 Å². The minimum absolute atomic E-state index is 0.0909. The van der Waals surface area contributed by atoms with Crippen molar-refractivity contribution in [1.82, 2.24) is 4.98 Å². The second-order valence-corrected chi connectivity index (χ2v) is 5.92. The Bertz CT molecular complexity index is 913. The Morgan fingerprint density at radius 3 is 2.75 bits per heavy atom. The molecule has 1 heterocycles. The second-order valence-electron chi connectivity index (χ2n) is 4.89. The maximum Gasteiger partial charge on any atom is 0.204 e. The molecule has 1 N–H and O–H groups in total. The second kappa shape index (κ2) is 7.01. The number of carboxylic acids is 1. The number of aromatic nitrogens is 1. The van der Waals surface area contributed by atoms with E-state index in [0.29, 0.717) is 16.5 Å². The molecule has 2 aromatic carbocycles. The summed E-state index contributed by atoms with van der Waals surface area (Å²) in [4.78, 5) is 19.6. The summed E-state index contributed by atoms with van der Waals surface area (Å²) in [6, 6.07) is 14.3. The zero-order valence-electron chi connectivity index (χ0n) is 12.8. The molecule has 3 aromatic rings. The van der Waals surface area contributed by atoms with Crippen LogP contribution in [0.1, 0.15) is 22.8 Å². The van der Waals surface area contributed by atoms with Gasteiger partial charge in [0.1, 0.15) is 5.84 Å². The lowest BCUT2D eigenvalue weighted by Crippen LogP contribution is -2.23. The van der Waals surface area contributed by atoms with Gasteiger partial charge in [-0.2, -0.15) is 5.10 Å². The Labute approximate surface area is 142 Å². The van der Waals surface area contributed by atoms with Gasteiger partial charge in [-0.05, 0) is 19.1 Å². The number of fused-ring (bicyclic) bond motifs is 1. The van der Waals surface area contributed by atoms with Crippen molar-refractivity contribution in [2.24, 2.45) is 10.1 Å². The summed E-state index contributed by atoms with van der Waals surface area (Å²) in [5.74, 6) is -0.790. The number of hydrazone groups is 1. The lowest BCUT2D eigenvalue weighted by Gasteiger charge is -2.05. The Balaban J connectivity index is 1.73. The Kier molecular flexibility index (Phi) is 4.62. The molecule has 0 saturated heterocycles. The van der Waals surface area contributed by atoms with Gasteiger partial charge in [-0.15, -0.1) is 0 Å². The summed E-state index contributed by atoms with van der Waals surface area (Å²) >= 11 is 1.49. The molecule has 0 bridgehead atoms. The van der Waals surface area contributed by atoms with Gasteiger partial charge in [0.25, 0.3) is 0 Å². The summed E-state index contributed by atoms with van der Waals surface area (Å²) in [5.41, 5.74) is 4.32. The molecule has 0 amide bonds. The first kappa shape index (κ1) is 15.8. The molecule has 0 atom stereocenters. The van der Waals surface area contributed by atoms with E-state index in [1.807, 2.05) is 24.3 Å². The van der Waals surface area contributed by atoms with E-state index in [1.54, 1.807) is 25.1 Å². The fourth-order valence-electron chi connectivity index (χ4n) is 2.04. The predicted octanol–water partition coefficient (Wildman–Crippen LogP) is 2.52. The number of carbonyl (C=O) groups excluding carboxylic acids is 1. The molecule has 6 nitrogen and oxygen atoms in total. The van der Waals surface area contributed by atoms with Crippen LogP contribution >= 0.6 is 11.3 Å². The average molecular weight is 337 g/mol. The molecule has 1 aromatic heterocycles. The van der Waals surface area contributed by atoms with Crippen LogP contribution in [0.5, 0.6) is 0 Å². The number of hydrogen-bond donors (Lipinski definition) is 1. The first-order valence-corrected chi connectivity index (χ1v) is 7.95. The number of thiazole rings is 1. The van der Waals surface area contributed by atoms with Crippen LogP contribution in [0.15, 0.2) is 58.6 Å². The third kappa shape index (κ3) is 3.64. The number of aromatic carboxylic acids is 1. The average Bonchev–Trinajstić information content (AvgIpc) is 3.01. The van der Waals surface area contributed by atoms with Crippen LogP contribution in [-0.4, -0.2) is 23.0 Å². The molecule has 24 heavy (non-hydrogen) atoms. The number of rotatable bonds is 4. The van der Waals surface area contributed by atoms with E-state index in [4.69, 9.17) is 0 Å². The number of nitrogens with zero attached hydrogens (tertiary/aromatic N) is 3. The highest BCUT2D eigenvalue weighted by atomic mass is 32.1. The number of nitrogens with one attached hydrogen (secondary N) is 1. The largest absolute Gasteiger partial charge is 0.545 e. The van der Waals surface area contributed by atoms with Gasteiger partial charge in [0.2, 0.25) is 5.13 Å². The van der Waals surface area contributed by atoms with Crippen molar-refractivity contribution in [2.75, 3.05) is 5.43 Å². The highest BCUT2D eigenvalue weighted by Gasteiger charge is 2.02. The zero-order chi connectivity index (χ0) is 16.9. The molecule has 120 valence electrons. The highest BCUT2D eigenvalue weighted by Crippen LogP contribution is 2.25.